The van der Waals surface area contributed by atoms with E-state index in [0.717, 1.165) is 23.5 Å². The van der Waals surface area contributed by atoms with Crippen molar-refractivity contribution in [2.75, 3.05) is 23.3 Å². The number of anilines is 2. The second-order valence-corrected chi connectivity index (χ2v) is 7.75. The third-order valence-corrected chi connectivity index (χ3v) is 5.91. The second-order valence-electron chi connectivity index (χ2n) is 6.77. The summed E-state index contributed by atoms with van der Waals surface area (Å²) >= 11 is 1.63. The van der Waals surface area contributed by atoms with Crippen LogP contribution in [0.2, 0.25) is 0 Å². The Bertz CT molecular complexity index is 1010. The minimum atomic E-state index is -0.775. The van der Waals surface area contributed by atoms with Crippen molar-refractivity contribution in [3.63, 3.8) is 0 Å². The van der Waals surface area contributed by atoms with Crippen molar-refractivity contribution < 1.29 is 14.0 Å². The summed E-state index contributed by atoms with van der Waals surface area (Å²) in [6.07, 6.45) is 0.955. The lowest BCUT2D eigenvalue weighted by Crippen LogP contribution is -2.41. The molecule has 29 heavy (non-hydrogen) atoms. The first kappa shape index (κ1) is 19.1. The number of rotatable bonds is 5. The summed E-state index contributed by atoms with van der Waals surface area (Å²) in [6, 6.07) is 17.5. The third kappa shape index (κ3) is 4.30. The molecule has 0 unspecified atom stereocenters. The number of carbonyl (C=O) groups is 2. The lowest BCUT2D eigenvalue weighted by Gasteiger charge is -2.30. The van der Waals surface area contributed by atoms with Crippen molar-refractivity contribution in [3.8, 4) is 0 Å². The molecule has 5 nitrogen and oxygen atoms in total. The van der Waals surface area contributed by atoms with E-state index < -0.39 is 17.6 Å². The Kier molecular flexibility index (Phi) is 5.57. The molecular weight excluding hydrogens is 389 g/mol. The average Bonchev–Trinajstić information content (AvgIpc) is 3.40. The SMILES string of the molecule is O=C(NC[C@@H](c1cccs1)N1CCc2ccccc21)C(=O)Nc1ccc(F)cc1. The number of hydrogen-bond donors (Lipinski definition) is 2. The maximum Gasteiger partial charge on any atom is 0.313 e. The fraction of sp³-hybridized carbons (Fsp3) is 0.182. The molecule has 7 heteroatoms. The van der Waals surface area contributed by atoms with Crippen LogP contribution < -0.4 is 15.5 Å². The van der Waals surface area contributed by atoms with Crippen LogP contribution in [-0.4, -0.2) is 24.9 Å². The molecule has 1 atom stereocenters. The maximum atomic E-state index is 13.0. The Balaban J connectivity index is 1.44. The fourth-order valence-electron chi connectivity index (χ4n) is 3.52. The number of amides is 2. The number of carbonyl (C=O) groups excluding carboxylic acids is 2. The van der Waals surface area contributed by atoms with Gasteiger partial charge < -0.3 is 15.5 Å². The zero-order chi connectivity index (χ0) is 20.2. The highest BCUT2D eigenvalue weighted by atomic mass is 32.1. The zero-order valence-corrected chi connectivity index (χ0v) is 16.4. The van der Waals surface area contributed by atoms with Gasteiger partial charge in [0.1, 0.15) is 5.82 Å². The van der Waals surface area contributed by atoms with E-state index in [-0.39, 0.29) is 6.04 Å². The van der Waals surface area contributed by atoms with Gasteiger partial charge in [-0.05, 0) is 53.8 Å². The quantitative estimate of drug-likeness (QED) is 0.631. The molecule has 2 heterocycles. The van der Waals surface area contributed by atoms with Crippen molar-refractivity contribution in [1.82, 2.24) is 5.32 Å². The normalized spacial score (nSPS) is 13.6. The van der Waals surface area contributed by atoms with E-state index in [2.05, 4.69) is 27.7 Å². The standard InChI is InChI=1S/C22H20FN3O2S/c23-16-7-9-17(10-8-16)25-22(28)21(27)24-14-19(20-6-3-13-29-20)26-12-11-15-4-1-2-5-18(15)26/h1-10,13,19H,11-12,14H2,(H,24,27)(H,25,28)/t19-/m0/s1. The maximum absolute atomic E-state index is 13.0. The zero-order valence-electron chi connectivity index (χ0n) is 15.6. The number of halogens is 1. The van der Waals surface area contributed by atoms with Gasteiger partial charge >= 0.3 is 11.8 Å². The van der Waals surface area contributed by atoms with Crippen molar-refractivity contribution in [2.45, 2.75) is 12.5 Å². The van der Waals surface area contributed by atoms with Crippen LogP contribution in [0.25, 0.3) is 0 Å². The Morgan fingerprint density at radius 3 is 2.59 bits per heavy atom. The van der Waals surface area contributed by atoms with E-state index in [1.54, 1.807) is 11.3 Å². The predicted octanol–water partition coefficient (Wildman–Crippen LogP) is 3.75. The second kappa shape index (κ2) is 8.45. The van der Waals surface area contributed by atoms with Gasteiger partial charge in [-0.1, -0.05) is 24.3 Å². The number of fused-ring (bicyclic) bond motifs is 1. The van der Waals surface area contributed by atoms with Crippen LogP contribution in [0.1, 0.15) is 16.5 Å². The number of thiophene rings is 1. The van der Waals surface area contributed by atoms with Crippen LogP contribution in [-0.2, 0) is 16.0 Å². The molecule has 0 saturated heterocycles. The summed E-state index contributed by atoms with van der Waals surface area (Å²) in [6.45, 7) is 1.17. The van der Waals surface area contributed by atoms with Crippen LogP contribution >= 0.6 is 11.3 Å². The molecule has 148 valence electrons. The summed E-state index contributed by atoms with van der Waals surface area (Å²) in [5.41, 5.74) is 2.82. The van der Waals surface area contributed by atoms with E-state index in [1.807, 2.05) is 29.6 Å². The summed E-state index contributed by atoms with van der Waals surface area (Å²) in [4.78, 5) is 27.9. The Morgan fingerprint density at radius 2 is 1.83 bits per heavy atom. The van der Waals surface area contributed by atoms with Gasteiger partial charge in [-0.25, -0.2) is 4.39 Å². The van der Waals surface area contributed by atoms with E-state index >= 15 is 0 Å². The van der Waals surface area contributed by atoms with Gasteiger partial charge in [-0.2, -0.15) is 0 Å². The minimum absolute atomic E-state index is 0.0544. The van der Waals surface area contributed by atoms with Gasteiger partial charge in [-0.3, -0.25) is 9.59 Å². The van der Waals surface area contributed by atoms with E-state index in [1.165, 1.54) is 29.8 Å². The largest absolute Gasteiger partial charge is 0.361 e. The molecule has 0 fully saturated rings. The number of benzene rings is 2. The van der Waals surface area contributed by atoms with Gasteiger partial charge in [0, 0.05) is 29.3 Å². The molecule has 4 rings (SSSR count). The molecule has 3 aromatic rings. The van der Waals surface area contributed by atoms with Crippen molar-refractivity contribution >= 4 is 34.5 Å². The Morgan fingerprint density at radius 1 is 1.03 bits per heavy atom. The smallest absolute Gasteiger partial charge is 0.313 e. The Labute approximate surface area is 172 Å². The topological polar surface area (TPSA) is 61.4 Å². The molecule has 0 radical (unpaired) electrons. The first-order valence-electron chi connectivity index (χ1n) is 9.34. The Hall–Kier alpha value is -3.19. The van der Waals surface area contributed by atoms with Crippen LogP contribution in [0.5, 0.6) is 0 Å². The van der Waals surface area contributed by atoms with E-state index in [0.29, 0.717) is 12.2 Å². The van der Waals surface area contributed by atoms with Crippen LogP contribution in [0.3, 0.4) is 0 Å². The summed E-state index contributed by atoms with van der Waals surface area (Å²) in [5, 5.41) is 7.24. The van der Waals surface area contributed by atoms with E-state index in [4.69, 9.17) is 0 Å². The average molecular weight is 409 g/mol. The van der Waals surface area contributed by atoms with Gasteiger partial charge in [0.2, 0.25) is 0 Å². The minimum Gasteiger partial charge on any atom is -0.361 e. The third-order valence-electron chi connectivity index (χ3n) is 4.94. The van der Waals surface area contributed by atoms with Gasteiger partial charge in [0.15, 0.2) is 0 Å². The summed E-state index contributed by atoms with van der Waals surface area (Å²) in [5.74, 6) is -1.90. The highest BCUT2D eigenvalue weighted by molar-refractivity contribution is 7.10. The van der Waals surface area contributed by atoms with Crippen LogP contribution in [0, 0.1) is 5.82 Å². The molecule has 1 aliphatic heterocycles. The number of nitrogens with zero attached hydrogens (tertiary/aromatic N) is 1. The van der Waals surface area contributed by atoms with E-state index in [9.17, 15) is 14.0 Å². The first-order valence-corrected chi connectivity index (χ1v) is 10.2. The van der Waals surface area contributed by atoms with Crippen molar-refractivity contribution in [1.29, 1.82) is 0 Å². The molecule has 2 N–H and O–H groups in total. The van der Waals surface area contributed by atoms with Crippen LogP contribution in [0.15, 0.2) is 66.0 Å². The molecule has 0 spiro atoms. The van der Waals surface area contributed by atoms with Gasteiger partial charge in [0.05, 0.1) is 6.04 Å². The predicted molar refractivity (Wildman–Crippen MR) is 113 cm³/mol. The first-order chi connectivity index (χ1) is 14.1. The molecule has 0 aliphatic carbocycles. The highest BCUT2D eigenvalue weighted by Gasteiger charge is 2.28. The molecule has 1 aromatic heterocycles. The van der Waals surface area contributed by atoms with Crippen molar-refractivity contribution in [3.05, 3.63) is 82.3 Å². The molecular formula is C22H20FN3O2S. The molecule has 0 bridgehead atoms. The van der Waals surface area contributed by atoms with Crippen LogP contribution in [0.4, 0.5) is 15.8 Å². The molecule has 1 aliphatic rings. The van der Waals surface area contributed by atoms with Gasteiger partial charge in [0.25, 0.3) is 0 Å². The monoisotopic (exact) mass is 409 g/mol. The molecule has 2 amide bonds. The van der Waals surface area contributed by atoms with Gasteiger partial charge in [-0.15, -0.1) is 11.3 Å². The highest BCUT2D eigenvalue weighted by Crippen LogP contribution is 2.36. The summed E-state index contributed by atoms with van der Waals surface area (Å²) in [7, 11) is 0. The fourth-order valence-corrected chi connectivity index (χ4v) is 4.36. The number of hydrogen-bond acceptors (Lipinski definition) is 4. The van der Waals surface area contributed by atoms with Crippen molar-refractivity contribution in [2.24, 2.45) is 0 Å². The molecule has 2 aromatic carbocycles. The summed E-state index contributed by atoms with van der Waals surface area (Å²) < 4.78 is 13.0. The number of para-hydroxylation sites is 1. The lowest BCUT2D eigenvalue weighted by atomic mass is 10.1. The molecule has 0 saturated carbocycles. The lowest BCUT2D eigenvalue weighted by molar-refractivity contribution is -0.136. The number of nitrogens with one attached hydrogen (secondary N) is 2.